The molecule has 118 valence electrons. The lowest BCUT2D eigenvalue weighted by molar-refractivity contribution is 0.358. The van der Waals surface area contributed by atoms with Crippen molar-refractivity contribution in [3.05, 3.63) is 41.5 Å². The van der Waals surface area contributed by atoms with Crippen molar-refractivity contribution in [2.24, 2.45) is 0 Å². The lowest BCUT2D eigenvalue weighted by Gasteiger charge is -2.31. The predicted octanol–water partition coefficient (Wildman–Crippen LogP) is 4.31. The molecule has 4 rings (SSSR count). The molecule has 1 heterocycles. The largest absolute Gasteiger partial charge is 0.493 e. The van der Waals surface area contributed by atoms with Crippen molar-refractivity contribution < 1.29 is 9.47 Å². The third-order valence-electron chi connectivity index (χ3n) is 5.04. The Balaban J connectivity index is 2.34. The van der Waals surface area contributed by atoms with Crippen LogP contribution in [-0.4, -0.2) is 27.8 Å². The Hall–Kier alpha value is -2.42. The first kappa shape index (κ1) is 14.2. The molecule has 0 aliphatic carbocycles. The van der Waals surface area contributed by atoms with Crippen LogP contribution in [0.1, 0.15) is 11.1 Å². The SMILES string of the molecule is COc1cc2c3c(c(C)c4ccccc4c3c1OC)N(C)CC2. The highest BCUT2D eigenvalue weighted by molar-refractivity contribution is 6.19. The Morgan fingerprint density at radius 3 is 2.43 bits per heavy atom. The maximum Gasteiger partial charge on any atom is 0.169 e. The van der Waals surface area contributed by atoms with Gasteiger partial charge in [-0.05, 0) is 41.3 Å². The molecule has 0 saturated heterocycles. The molecule has 3 aromatic carbocycles. The molecule has 0 atom stereocenters. The third kappa shape index (κ3) is 1.83. The van der Waals surface area contributed by atoms with Gasteiger partial charge in [-0.15, -0.1) is 0 Å². The average molecular weight is 307 g/mol. The summed E-state index contributed by atoms with van der Waals surface area (Å²) in [5.74, 6) is 1.65. The number of ether oxygens (including phenoxy) is 2. The van der Waals surface area contributed by atoms with Gasteiger partial charge in [0.25, 0.3) is 0 Å². The Morgan fingerprint density at radius 2 is 1.74 bits per heavy atom. The van der Waals surface area contributed by atoms with Crippen LogP contribution >= 0.6 is 0 Å². The van der Waals surface area contributed by atoms with Crippen molar-refractivity contribution in [2.45, 2.75) is 13.3 Å². The summed E-state index contributed by atoms with van der Waals surface area (Å²) in [5.41, 5.74) is 4.00. The molecule has 0 amide bonds. The number of hydrogen-bond donors (Lipinski definition) is 0. The fraction of sp³-hybridized carbons (Fsp3) is 0.300. The Bertz CT molecular complexity index is 930. The van der Waals surface area contributed by atoms with E-state index in [-0.39, 0.29) is 0 Å². The van der Waals surface area contributed by atoms with E-state index in [1.165, 1.54) is 38.4 Å². The lowest BCUT2D eigenvalue weighted by atomic mass is 9.88. The minimum atomic E-state index is 0.819. The van der Waals surface area contributed by atoms with Gasteiger partial charge in [-0.25, -0.2) is 0 Å². The highest BCUT2D eigenvalue weighted by Gasteiger charge is 2.25. The average Bonchev–Trinajstić information content (AvgIpc) is 2.59. The second-order valence-electron chi connectivity index (χ2n) is 6.21. The molecule has 3 heteroatoms. The van der Waals surface area contributed by atoms with Crippen LogP contribution in [0.4, 0.5) is 5.69 Å². The van der Waals surface area contributed by atoms with Gasteiger partial charge in [0.2, 0.25) is 0 Å². The molecule has 0 unspecified atom stereocenters. The molecule has 0 N–H and O–H groups in total. The fourth-order valence-corrected chi connectivity index (χ4v) is 3.99. The van der Waals surface area contributed by atoms with E-state index in [1.807, 2.05) is 0 Å². The summed E-state index contributed by atoms with van der Waals surface area (Å²) in [5, 5.41) is 4.99. The number of hydrogen-bond acceptors (Lipinski definition) is 3. The van der Waals surface area contributed by atoms with Crippen LogP contribution in [0.25, 0.3) is 21.5 Å². The van der Waals surface area contributed by atoms with Crippen molar-refractivity contribution in [3.63, 3.8) is 0 Å². The van der Waals surface area contributed by atoms with Gasteiger partial charge in [-0.3, -0.25) is 0 Å². The first-order valence-electron chi connectivity index (χ1n) is 7.97. The van der Waals surface area contributed by atoms with Crippen LogP contribution in [0.2, 0.25) is 0 Å². The standard InChI is InChI=1S/C20H21NO2/c1-12-14-7-5-6-8-15(14)18-17-13(9-10-21(2)19(12)17)11-16(22-3)20(18)23-4/h5-8,11H,9-10H2,1-4H3. The zero-order valence-electron chi connectivity index (χ0n) is 14.1. The molecular weight excluding hydrogens is 286 g/mol. The van der Waals surface area contributed by atoms with E-state index in [4.69, 9.17) is 9.47 Å². The first-order valence-corrected chi connectivity index (χ1v) is 7.97. The second-order valence-corrected chi connectivity index (χ2v) is 6.21. The van der Waals surface area contributed by atoms with E-state index in [1.54, 1.807) is 14.2 Å². The summed E-state index contributed by atoms with van der Waals surface area (Å²) in [6.07, 6.45) is 1.03. The van der Waals surface area contributed by atoms with Gasteiger partial charge in [0.05, 0.1) is 14.2 Å². The highest BCUT2D eigenvalue weighted by atomic mass is 16.5. The summed E-state index contributed by atoms with van der Waals surface area (Å²) < 4.78 is 11.4. The van der Waals surface area contributed by atoms with Gasteiger partial charge in [0.15, 0.2) is 11.5 Å². The third-order valence-corrected chi connectivity index (χ3v) is 5.04. The van der Waals surface area contributed by atoms with Crippen LogP contribution in [0, 0.1) is 6.92 Å². The van der Waals surface area contributed by atoms with E-state index in [0.29, 0.717) is 0 Å². The molecule has 23 heavy (non-hydrogen) atoms. The van der Waals surface area contributed by atoms with E-state index >= 15 is 0 Å². The van der Waals surface area contributed by atoms with Gasteiger partial charge in [0.1, 0.15) is 0 Å². The Morgan fingerprint density at radius 1 is 1.00 bits per heavy atom. The summed E-state index contributed by atoms with van der Waals surface area (Å²) in [6, 6.07) is 10.7. The van der Waals surface area contributed by atoms with E-state index in [9.17, 15) is 0 Å². The minimum absolute atomic E-state index is 0.819. The number of methoxy groups -OCH3 is 2. The molecule has 1 aliphatic rings. The molecule has 1 aliphatic heterocycles. The van der Waals surface area contributed by atoms with Crippen molar-refractivity contribution in [3.8, 4) is 11.5 Å². The van der Waals surface area contributed by atoms with Crippen molar-refractivity contribution in [1.82, 2.24) is 0 Å². The number of nitrogens with zero attached hydrogens (tertiary/aromatic N) is 1. The smallest absolute Gasteiger partial charge is 0.169 e. The summed E-state index contributed by atoms with van der Waals surface area (Å²) in [6.45, 7) is 3.25. The molecule has 0 fully saturated rings. The molecular formula is C20H21NO2. The van der Waals surface area contributed by atoms with Crippen LogP contribution in [0.15, 0.2) is 30.3 Å². The molecule has 0 saturated carbocycles. The topological polar surface area (TPSA) is 21.7 Å². The van der Waals surface area contributed by atoms with Gasteiger partial charge in [-0.1, -0.05) is 24.3 Å². The number of rotatable bonds is 2. The number of benzene rings is 3. The van der Waals surface area contributed by atoms with Gasteiger partial charge < -0.3 is 14.4 Å². The second kappa shape index (κ2) is 5.05. The predicted molar refractivity (Wildman–Crippen MR) is 96.3 cm³/mol. The molecule has 3 aromatic rings. The zero-order valence-corrected chi connectivity index (χ0v) is 14.1. The Kier molecular flexibility index (Phi) is 3.12. The molecule has 3 nitrogen and oxygen atoms in total. The van der Waals surface area contributed by atoms with E-state index in [2.05, 4.69) is 49.2 Å². The summed E-state index contributed by atoms with van der Waals surface area (Å²) in [4.78, 5) is 2.36. The maximum atomic E-state index is 5.77. The molecule has 0 spiro atoms. The summed E-state index contributed by atoms with van der Waals surface area (Å²) >= 11 is 0. The van der Waals surface area contributed by atoms with E-state index < -0.39 is 0 Å². The van der Waals surface area contributed by atoms with Gasteiger partial charge in [0, 0.05) is 30.1 Å². The van der Waals surface area contributed by atoms with E-state index in [0.717, 1.165) is 24.5 Å². The Labute approximate surface area is 136 Å². The van der Waals surface area contributed by atoms with Crippen LogP contribution < -0.4 is 14.4 Å². The minimum Gasteiger partial charge on any atom is -0.493 e. The fourth-order valence-electron chi connectivity index (χ4n) is 3.99. The maximum absolute atomic E-state index is 5.77. The number of likely N-dealkylation sites (N-methyl/N-ethyl adjacent to an activating group) is 1. The van der Waals surface area contributed by atoms with Gasteiger partial charge >= 0.3 is 0 Å². The monoisotopic (exact) mass is 307 g/mol. The molecule has 0 radical (unpaired) electrons. The molecule has 0 aromatic heterocycles. The zero-order chi connectivity index (χ0) is 16.1. The van der Waals surface area contributed by atoms with Gasteiger partial charge in [-0.2, -0.15) is 0 Å². The van der Waals surface area contributed by atoms with Crippen molar-refractivity contribution >= 4 is 27.2 Å². The van der Waals surface area contributed by atoms with Crippen LogP contribution in [0.5, 0.6) is 11.5 Å². The number of aryl methyl sites for hydroxylation is 1. The number of fused-ring (bicyclic) bond motifs is 2. The normalized spacial score (nSPS) is 13.7. The molecule has 0 bridgehead atoms. The number of anilines is 1. The summed E-state index contributed by atoms with van der Waals surface area (Å²) in [7, 11) is 5.61. The first-order chi connectivity index (χ1) is 11.2. The lowest BCUT2D eigenvalue weighted by Crippen LogP contribution is -2.25. The van der Waals surface area contributed by atoms with Crippen LogP contribution in [-0.2, 0) is 6.42 Å². The van der Waals surface area contributed by atoms with Crippen molar-refractivity contribution in [1.29, 1.82) is 0 Å². The van der Waals surface area contributed by atoms with Crippen LogP contribution in [0.3, 0.4) is 0 Å². The highest BCUT2D eigenvalue weighted by Crippen LogP contribution is 2.48. The van der Waals surface area contributed by atoms with Crippen molar-refractivity contribution in [2.75, 3.05) is 32.7 Å². The quantitative estimate of drug-likeness (QED) is 0.658.